The maximum atomic E-state index is 12.6. The molecule has 1 aromatic carbocycles. The smallest absolute Gasteiger partial charge is 0.207 e. The fourth-order valence-electron chi connectivity index (χ4n) is 1.29. The number of nitrogens with one attached hydrogen (secondary N) is 1. The number of rotatable bonds is 5. The molecule has 112 valence electrons. The Kier molecular flexibility index (Phi) is 5.39. The summed E-state index contributed by atoms with van der Waals surface area (Å²) in [4.78, 5) is -0.448. The maximum Gasteiger partial charge on any atom is 0.416 e. The number of halogens is 4. The third-order valence-corrected chi connectivity index (χ3v) is 4.96. The van der Waals surface area contributed by atoms with Crippen LogP contribution in [0.3, 0.4) is 0 Å². The van der Waals surface area contributed by atoms with Crippen molar-refractivity contribution in [1.29, 1.82) is 0 Å². The molecule has 0 aliphatic carbocycles. The summed E-state index contributed by atoms with van der Waals surface area (Å²) in [5.41, 5.74) is -0.382. The van der Waals surface area contributed by atoms with Gasteiger partial charge in [0.1, 0.15) is 0 Å². The Bertz CT molecular complexity index is 612. The van der Waals surface area contributed by atoms with Crippen LogP contribution in [0.5, 0.6) is 0 Å². The molecule has 20 heavy (non-hydrogen) atoms. The minimum Gasteiger partial charge on any atom is -0.207 e. The van der Waals surface area contributed by atoms with Gasteiger partial charge in [-0.25, -0.2) is 13.1 Å². The van der Waals surface area contributed by atoms with E-state index in [0.29, 0.717) is 18.1 Å². The third kappa shape index (κ3) is 4.32. The van der Waals surface area contributed by atoms with E-state index in [1.54, 1.807) is 6.92 Å². The quantitative estimate of drug-likeness (QED) is 0.801. The van der Waals surface area contributed by atoms with Crippen molar-refractivity contribution in [3.8, 4) is 0 Å². The van der Waals surface area contributed by atoms with Crippen LogP contribution in [-0.2, 0) is 16.2 Å². The van der Waals surface area contributed by atoms with E-state index in [9.17, 15) is 21.6 Å². The van der Waals surface area contributed by atoms with Gasteiger partial charge in [-0.1, -0.05) is 19.1 Å². The zero-order valence-corrected chi connectivity index (χ0v) is 13.0. The van der Waals surface area contributed by atoms with Crippen LogP contribution in [0, 0.1) is 0 Å². The van der Waals surface area contributed by atoms with E-state index in [-0.39, 0.29) is 11.0 Å². The molecule has 1 rings (SSSR count). The maximum absolute atomic E-state index is 12.6. The number of hydrogen-bond donors (Lipinski definition) is 1. The van der Waals surface area contributed by atoms with Crippen molar-refractivity contribution in [3.63, 3.8) is 0 Å². The standard InChI is InChI=1S/C12H13BrF3NO2S/c1-3-8(2)7-17-20(18,19)11-6-9(12(14,15)16)4-5-10(11)13/h4-6,17H,2-3,7H2,1H3. The average Bonchev–Trinajstić information content (AvgIpc) is 2.34. The minimum absolute atomic E-state index is 0.0124. The summed E-state index contributed by atoms with van der Waals surface area (Å²) in [6.45, 7) is 5.42. The molecule has 1 aromatic rings. The second kappa shape index (κ2) is 6.28. The molecule has 3 nitrogen and oxygen atoms in total. The van der Waals surface area contributed by atoms with E-state index < -0.39 is 26.7 Å². The van der Waals surface area contributed by atoms with E-state index in [1.807, 2.05) is 0 Å². The lowest BCUT2D eigenvalue weighted by molar-refractivity contribution is -0.137. The first-order valence-electron chi connectivity index (χ1n) is 5.61. The van der Waals surface area contributed by atoms with Crippen molar-refractivity contribution in [2.45, 2.75) is 24.4 Å². The summed E-state index contributed by atoms with van der Waals surface area (Å²) in [6.07, 6.45) is -4.02. The first-order chi connectivity index (χ1) is 9.08. The normalized spacial score (nSPS) is 12.4. The van der Waals surface area contributed by atoms with E-state index in [0.717, 1.165) is 12.1 Å². The number of sulfonamides is 1. The van der Waals surface area contributed by atoms with E-state index in [2.05, 4.69) is 27.2 Å². The Labute approximate surface area is 124 Å². The average molecular weight is 372 g/mol. The van der Waals surface area contributed by atoms with Gasteiger partial charge in [-0.2, -0.15) is 13.2 Å². The lowest BCUT2D eigenvalue weighted by Crippen LogP contribution is -2.26. The second-order valence-corrected chi connectivity index (χ2v) is 6.66. The van der Waals surface area contributed by atoms with Gasteiger partial charge in [-0.3, -0.25) is 0 Å². The molecule has 0 fully saturated rings. The van der Waals surface area contributed by atoms with Crippen LogP contribution >= 0.6 is 15.9 Å². The molecule has 0 amide bonds. The molecule has 0 aliphatic heterocycles. The number of hydrogen-bond acceptors (Lipinski definition) is 2. The molecule has 0 aliphatic rings. The molecular weight excluding hydrogens is 359 g/mol. The molecule has 8 heteroatoms. The lowest BCUT2D eigenvalue weighted by Gasteiger charge is -2.12. The van der Waals surface area contributed by atoms with Crippen LogP contribution in [0.2, 0.25) is 0 Å². The van der Waals surface area contributed by atoms with Gasteiger partial charge >= 0.3 is 6.18 Å². The minimum atomic E-state index is -4.60. The fraction of sp³-hybridized carbons (Fsp3) is 0.333. The third-order valence-electron chi connectivity index (χ3n) is 2.56. The van der Waals surface area contributed by atoms with Gasteiger partial charge in [0.25, 0.3) is 0 Å². The highest BCUT2D eigenvalue weighted by molar-refractivity contribution is 9.10. The molecule has 0 radical (unpaired) electrons. The summed E-state index contributed by atoms with van der Waals surface area (Å²) in [5, 5.41) is 0. The van der Waals surface area contributed by atoms with Gasteiger partial charge in [0, 0.05) is 11.0 Å². The molecule has 0 atom stereocenters. The SMILES string of the molecule is C=C(CC)CNS(=O)(=O)c1cc(C(F)(F)F)ccc1Br. The van der Waals surface area contributed by atoms with E-state index in [1.165, 1.54) is 0 Å². The van der Waals surface area contributed by atoms with Gasteiger partial charge in [0.15, 0.2) is 0 Å². The predicted octanol–water partition coefficient (Wildman–Crippen LogP) is 3.71. The molecular formula is C12H13BrF3NO2S. The van der Waals surface area contributed by atoms with Crippen LogP contribution in [0.15, 0.2) is 39.7 Å². The summed E-state index contributed by atoms with van der Waals surface area (Å²) in [6, 6.07) is 2.47. The molecule has 0 saturated heterocycles. The molecule has 1 N–H and O–H groups in total. The summed E-state index contributed by atoms with van der Waals surface area (Å²) >= 11 is 2.95. The Morgan fingerprint density at radius 3 is 2.50 bits per heavy atom. The van der Waals surface area contributed by atoms with Gasteiger partial charge in [0.2, 0.25) is 10.0 Å². The summed E-state index contributed by atoms with van der Waals surface area (Å²) < 4.78 is 64.1. The van der Waals surface area contributed by atoms with Crippen molar-refractivity contribution < 1.29 is 21.6 Å². The van der Waals surface area contributed by atoms with Crippen LogP contribution < -0.4 is 4.72 Å². The Hall–Kier alpha value is -0.860. The Morgan fingerprint density at radius 1 is 1.40 bits per heavy atom. The van der Waals surface area contributed by atoms with Crippen molar-refractivity contribution in [2.75, 3.05) is 6.54 Å². The van der Waals surface area contributed by atoms with Gasteiger partial charge in [0.05, 0.1) is 10.5 Å². The Balaban J connectivity index is 3.14. The molecule has 0 heterocycles. The van der Waals surface area contributed by atoms with Crippen LogP contribution in [0.4, 0.5) is 13.2 Å². The van der Waals surface area contributed by atoms with Crippen LogP contribution in [0.1, 0.15) is 18.9 Å². The van der Waals surface area contributed by atoms with Crippen molar-refractivity contribution in [2.24, 2.45) is 0 Å². The zero-order chi connectivity index (χ0) is 15.6. The molecule has 0 bridgehead atoms. The first-order valence-corrected chi connectivity index (χ1v) is 7.88. The Morgan fingerprint density at radius 2 is 2.00 bits per heavy atom. The molecule has 0 aromatic heterocycles. The van der Waals surface area contributed by atoms with Crippen molar-refractivity contribution >= 4 is 26.0 Å². The van der Waals surface area contributed by atoms with Gasteiger partial charge in [-0.05, 0) is 40.5 Å². The largest absolute Gasteiger partial charge is 0.416 e. The number of alkyl halides is 3. The first kappa shape index (κ1) is 17.2. The van der Waals surface area contributed by atoms with E-state index in [4.69, 9.17) is 0 Å². The molecule has 0 unspecified atom stereocenters. The highest BCUT2D eigenvalue weighted by Gasteiger charge is 2.32. The van der Waals surface area contributed by atoms with Crippen LogP contribution in [0.25, 0.3) is 0 Å². The lowest BCUT2D eigenvalue weighted by atomic mass is 10.2. The van der Waals surface area contributed by atoms with Crippen molar-refractivity contribution in [3.05, 3.63) is 40.4 Å². The second-order valence-electron chi connectivity index (χ2n) is 4.07. The predicted molar refractivity (Wildman–Crippen MR) is 73.8 cm³/mol. The molecule has 0 spiro atoms. The monoisotopic (exact) mass is 371 g/mol. The topological polar surface area (TPSA) is 46.2 Å². The summed E-state index contributed by atoms with van der Waals surface area (Å²) in [7, 11) is -4.04. The molecule has 0 saturated carbocycles. The highest BCUT2D eigenvalue weighted by atomic mass is 79.9. The van der Waals surface area contributed by atoms with E-state index >= 15 is 0 Å². The van der Waals surface area contributed by atoms with Crippen LogP contribution in [-0.4, -0.2) is 15.0 Å². The summed E-state index contributed by atoms with van der Waals surface area (Å²) in [5.74, 6) is 0. The van der Waals surface area contributed by atoms with Gasteiger partial charge < -0.3 is 0 Å². The van der Waals surface area contributed by atoms with Crippen molar-refractivity contribution in [1.82, 2.24) is 4.72 Å². The van der Waals surface area contributed by atoms with Gasteiger partial charge in [-0.15, -0.1) is 0 Å². The fourth-order valence-corrected chi connectivity index (χ4v) is 3.33. The number of benzene rings is 1. The highest BCUT2D eigenvalue weighted by Crippen LogP contribution is 2.33. The zero-order valence-electron chi connectivity index (χ0n) is 10.6.